The molecule has 2 N–H and O–H groups in total. The summed E-state index contributed by atoms with van der Waals surface area (Å²) in [6.45, 7) is 5.82. The molecule has 0 fully saturated rings. The molecule has 2 aromatic rings. The van der Waals surface area contributed by atoms with Gasteiger partial charge in [0.25, 0.3) is 0 Å². The summed E-state index contributed by atoms with van der Waals surface area (Å²) in [4.78, 5) is 12.0. The van der Waals surface area contributed by atoms with E-state index in [0.29, 0.717) is 23.2 Å². The first-order chi connectivity index (χ1) is 13.1. The molecule has 0 aromatic heterocycles. The zero-order valence-corrected chi connectivity index (χ0v) is 15.9. The van der Waals surface area contributed by atoms with Gasteiger partial charge in [0.05, 0.1) is 5.56 Å². The van der Waals surface area contributed by atoms with E-state index < -0.39 is 17.6 Å². The Kier molecular flexibility index (Phi) is 6.83. The Morgan fingerprint density at radius 3 is 2.46 bits per heavy atom. The van der Waals surface area contributed by atoms with Crippen LogP contribution >= 0.6 is 0 Å². The average molecular weight is 394 g/mol. The zero-order valence-electron chi connectivity index (χ0n) is 15.9. The standard InChI is InChI=1S/C21H22F4N2O/c1-4-26-19-11-17(21(23,24)25)7-5-16(19)6-8-20(28)27-12-15-9-13(2)14(3)18(22)10-15/h5-11,26H,4,12H2,1-3H3,(H,27,28)/b8-6+. The van der Waals surface area contributed by atoms with Crippen molar-refractivity contribution in [2.75, 3.05) is 11.9 Å². The minimum absolute atomic E-state index is 0.147. The second-order valence-corrected chi connectivity index (χ2v) is 6.40. The van der Waals surface area contributed by atoms with Crippen LogP contribution in [0.15, 0.2) is 36.4 Å². The van der Waals surface area contributed by atoms with Crippen molar-refractivity contribution in [2.45, 2.75) is 33.5 Å². The second kappa shape index (κ2) is 8.91. The number of aryl methyl sites for hydroxylation is 1. The van der Waals surface area contributed by atoms with Gasteiger partial charge in [-0.15, -0.1) is 0 Å². The van der Waals surface area contributed by atoms with Gasteiger partial charge in [-0.2, -0.15) is 13.2 Å². The van der Waals surface area contributed by atoms with Gasteiger partial charge >= 0.3 is 6.18 Å². The lowest BCUT2D eigenvalue weighted by Gasteiger charge is -2.12. The molecular formula is C21H22F4N2O. The molecule has 150 valence electrons. The molecule has 28 heavy (non-hydrogen) atoms. The molecule has 1 amide bonds. The first-order valence-corrected chi connectivity index (χ1v) is 8.78. The minimum Gasteiger partial charge on any atom is -0.385 e. The largest absolute Gasteiger partial charge is 0.416 e. The van der Waals surface area contributed by atoms with Crippen molar-refractivity contribution in [2.24, 2.45) is 0 Å². The van der Waals surface area contributed by atoms with Crippen LogP contribution in [0.1, 0.15) is 34.7 Å². The van der Waals surface area contributed by atoms with E-state index in [1.54, 1.807) is 26.8 Å². The zero-order chi connectivity index (χ0) is 20.9. The minimum atomic E-state index is -4.44. The summed E-state index contributed by atoms with van der Waals surface area (Å²) in [6.07, 6.45) is -1.76. The van der Waals surface area contributed by atoms with Crippen molar-refractivity contribution in [1.29, 1.82) is 0 Å². The highest BCUT2D eigenvalue weighted by atomic mass is 19.4. The van der Waals surface area contributed by atoms with Crippen LogP contribution in [0.2, 0.25) is 0 Å². The molecule has 7 heteroatoms. The molecule has 0 aliphatic heterocycles. The first kappa shape index (κ1) is 21.5. The van der Waals surface area contributed by atoms with Crippen LogP contribution in [0, 0.1) is 19.7 Å². The van der Waals surface area contributed by atoms with Crippen molar-refractivity contribution in [3.63, 3.8) is 0 Å². The molecule has 2 rings (SSSR count). The highest BCUT2D eigenvalue weighted by molar-refractivity contribution is 5.92. The van der Waals surface area contributed by atoms with Gasteiger partial charge in [-0.25, -0.2) is 4.39 Å². The monoisotopic (exact) mass is 394 g/mol. The SMILES string of the molecule is CCNc1cc(C(F)(F)F)ccc1/C=C/C(=O)NCc1cc(C)c(C)c(F)c1. The summed E-state index contributed by atoms with van der Waals surface area (Å²) >= 11 is 0. The quantitative estimate of drug-likeness (QED) is 0.521. The molecule has 0 spiro atoms. The van der Waals surface area contributed by atoms with E-state index in [0.717, 1.165) is 17.7 Å². The number of hydrogen-bond donors (Lipinski definition) is 2. The van der Waals surface area contributed by atoms with Crippen LogP contribution in [-0.4, -0.2) is 12.5 Å². The third-order valence-electron chi connectivity index (χ3n) is 4.29. The van der Waals surface area contributed by atoms with E-state index >= 15 is 0 Å². The van der Waals surface area contributed by atoms with Gasteiger partial charge in [-0.1, -0.05) is 12.1 Å². The van der Waals surface area contributed by atoms with Crippen LogP contribution in [0.5, 0.6) is 0 Å². The summed E-state index contributed by atoms with van der Waals surface area (Å²) in [7, 11) is 0. The Hall–Kier alpha value is -2.83. The molecule has 0 atom stereocenters. The Morgan fingerprint density at radius 1 is 1.14 bits per heavy atom. The van der Waals surface area contributed by atoms with Gasteiger partial charge < -0.3 is 10.6 Å². The van der Waals surface area contributed by atoms with Crippen molar-refractivity contribution in [3.8, 4) is 0 Å². The maximum Gasteiger partial charge on any atom is 0.416 e. The number of halogens is 4. The predicted molar refractivity (Wildman–Crippen MR) is 102 cm³/mol. The molecule has 0 unspecified atom stereocenters. The van der Waals surface area contributed by atoms with E-state index in [2.05, 4.69) is 10.6 Å². The topological polar surface area (TPSA) is 41.1 Å². The summed E-state index contributed by atoms with van der Waals surface area (Å²) in [5.74, 6) is -0.763. The predicted octanol–water partition coefficient (Wildman–Crippen LogP) is 5.22. The maximum absolute atomic E-state index is 13.8. The van der Waals surface area contributed by atoms with Crippen molar-refractivity contribution < 1.29 is 22.4 Å². The third kappa shape index (κ3) is 5.58. The van der Waals surface area contributed by atoms with Gasteiger partial charge in [-0.05, 0) is 67.3 Å². The van der Waals surface area contributed by atoms with E-state index in [4.69, 9.17) is 0 Å². The van der Waals surface area contributed by atoms with Gasteiger partial charge in [0, 0.05) is 24.9 Å². The number of rotatable bonds is 6. The fraction of sp³-hybridized carbons (Fsp3) is 0.286. The molecular weight excluding hydrogens is 372 g/mol. The van der Waals surface area contributed by atoms with Gasteiger partial charge in [0.1, 0.15) is 5.82 Å². The lowest BCUT2D eigenvalue weighted by molar-refractivity contribution is -0.137. The number of amides is 1. The van der Waals surface area contributed by atoms with Crippen molar-refractivity contribution in [1.82, 2.24) is 5.32 Å². The Morgan fingerprint density at radius 2 is 1.86 bits per heavy atom. The number of carbonyl (C=O) groups is 1. The lowest BCUT2D eigenvalue weighted by atomic mass is 10.1. The Balaban J connectivity index is 2.09. The van der Waals surface area contributed by atoms with Gasteiger partial charge in [-0.3, -0.25) is 4.79 Å². The fourth-order valence-corrected chi connectivity index (χ4v) is 2.62. The van der Waals surface area contributed by atoms with Crippen molar-refractivity contribution in [3.05, 3.63) is 70.0 Å². The van der Waals surface area contributed by atoms with E-state index in [-0.39, 0.29) is 18.0 Å². The van der Waals surface area contributed by atoms with Crippen LogP contribution < -0.4 is 10.6 Å². The maximum atomic E-state index is 13.8. The summed E-state index contributed by atoms with van der Waals surface area (Å²) in [6, 6.07) is 6.45. The molecule has 0 radical (unpaired) electrons. The lowest BCUT2D eigenvalue weighted by Crippen LogP contribution is -2.20. The highest BCUT2D eigenvalue weighted by Gasteiger charge is 2.30. The molecule has 3 nitrogen and oxygen atoms in total. The molecule has 0 saturated heterocycles. The normalized spacial score (nSPS) is 11.7. The summed E-state index contributed by atoms with van der Waals surface area (Å²) < 4.78 is 52.3. The smallest absolute Gasteiger partial charge is 0.385 e. The molecule has 0 heterocycles. The fourth-order valence-electron chi connectivity index (χ4n) is 2.62. The number of nitrogens with one attached hydrogen (secondary N) is 2. The Bertz CT molecular complexity index is 865. The third-order valence-corrected chi connectivity index (χ3v) is 4.29. The van der Waals surface area contributed by atoms with Gasteiger partial charge in [0.15, 0.2) is 0 Å². The molecule has 0 saturated carbocycles. The van der Waals surface area contributed by atoms with E-state index in [9.17, 15) is 22.4 Å². The Labute approximate surface area is 161 Å². The van der Waals surface area contributed by atoms with Crippen LogP contribution in [0.3, 0.4) is 0 Å². The molecule has 0 bridgehead atoms. The van der Waals surface area contributed by atoms with E-state index in [1.807, 2.05) is 0 Å². The number of hydrogen-bond acceptors (Lipinski definition) is 2. The first-order valence-electron chi connectivity index (χ1n) is 8.78. The molecule has 2 aromatic carbocycles. The number of carbonyl (C=O) groups excluding carboxylic acids is 1. The van der Waals surface area contributed by atoms with E-state index in [1.165, 1.54) is 24.3 Å². The number of anilines is 1. The average Bonchev–Trinajstić information content (AvgIpc) is 2.62. The molecule has 0 aliphatic rings. The number of benzene rings is 2. The van der Waals surface area contributed by atoms with Gasteiger partial charge in [0.2, 0.25) is 5.91 Å². The van der Waals surface area contributed by atoms with Crippen molar-refractivity contribution >= 4 is 17.7 Å². The summed E-state index contributed by atoms with van der Waals surface area (Å²) in [5.41, 5.74) is 1.97. The highest BCUT2D eigenvalue weighted by Crippen LogP contribution is 2.32. The number of alkyl halides is 3. The summed E-state index contributed by atoms with van der Waals surface area (Å²) in [5, 5.41) is 5.50. The second-order valence-electron chi connectivity index (χ2n) is 6.40. The van der Waals surface area contributed by atoms with Crippen LogP contribution in [-0.2, 0) is 17.5 Å². The molecule has 0 aliphatic carbocycles. The van der Waals surface area contributed by atoms with Crippen LogP contribution in [0.4, 0.5) is 23.2 Å². The van der Waals surface area contributed by atoms with Crippen LogP contribution in [0.25, 0.3) is 6.08 Å².